The van der Waals surface area contributed by atoms with Gasteiger partial charge in [-0.2, -0.15) is 0 Å². The van der Waals surface area contributed by atoms with Crippen LogP contribution in [0.3, 0.4) is 0 Å². The van der Waals surface area contributed by atoms with E-state index in [1.807, 2.05) is 5.38 Å². The molecule has 3 heterocycles. The molecule has 5 atom stereocenters. The van der Waals surface area contributed by atoms with Crippen molar-refractivity contribution in [3.8, 4) is 0 Å². The molecule has 0 spiro atoms. The van der Waals surface area contributed by atoms with Gasteiger partial charge >= 0.3 is 6.03 Å². The first-order valence-electron chi connectivity index (χ1n) is 7.14. The van der Waals surface area contributed by atoms with E-state index in [0.29, 0.717) is 4.90 Å². The van der Waals surface area contributed by atoms with Crippen molar-refractivity contribution in [3.05, 3.63) is 28.1 Å². The molecule has 2 saturated heterocycles. The Hall–Kier alpha value is -1.82. The molecule has 1 aromatic heterocycles. The second-order valence-electron chi connectivity index (χ2n) is 5.40. The van der Waals surface area contributed by atoms with Gasteiger partial charge in [-0.05, 0) is 17.5 Å². The van der Waals surface area contributed by atoms with Crippen molar-refractivity contribution in [3.63, 3.8) is 0 Å². The van der Waals surface area contributed by atoms with Crippen molar-refractivity contribution >= 4 is 29.4 Å². The summed E-state index contributed by atoms with van der Waals surface area (Å²) in [7, 11) is 0. The van der Waals surface area contributed by atoms with Gasteiger partial charge in [-0.25, -0.2) is 9.69 Å². The number of urea groups is 1. The van der Waals surface area contributed by atoms with E-state index in [2.05, 4.69) is 5.32 Å². The maximum absolute atomic E-state index is 12.5. The third-order valence-electron chi connectivity index (χ3n) is 3.86. The molecule has 0 aromatic carbocycles. The number of nitrogens with one attached hydrogen (secondary N) is 1. The summed E-state index contributed by atoms with van der Waals surface area (Å²) in [5.41, 5.74) is -0.000546. The topological polar surface area (TPSA) is 140 Å². The monoisotopic (exact) mass is 356 g/mol. The summed E-state index contributed by atoms with van der Waals surface area (Å²) in [6, 6.07) is 2.72. The van der Waals surface area contributed by atoms with E-state index >= 15 is 0 Å². The molecule has 3 amide bonds. The van der Waals surface area contributed by atoms with Crippen LogP contribution in [0.25, 0.3) is 6.08 Å². The minimum atomic E-state index is -1.71. The molecule has 3 rings (SSSR count). The van der Waals surface area contributed by atoms with Gasteiger partial charge in [0.15, 0.2) is 6.23 Å². The summed E-state index contributed by atoms with van der Waals surface area (Å²) >= 11 is 1.37. The predicted molar refractivity (Wildman–Crippen MR) is 81.4 cm³/mol. The average Bonchev–Trinajstić information content (AvgIpc) is 3.16. The molecular weight excluding hydrogens is 340 g/mol. The highest BCUT2D eigenvalue weighted by Crippen LogP contribution is 2.27. The fourth-order valence-corrected chi connectivity index (χ4v) is 3.25. The zero-order valence-electron chi connectivity index (χ0n) is 12.3. The number of hydrogen-bond acceptors (Lipinski definition) is 8. The molecule has 2 aliphatic heterocycles. The fraction of sp³-hybridized carbons (Fsp3) is 0.429. The summed E-state index contributed by atoms with van der Waals surface area (Å²) < 4.78 is 5.25. The Morgan fingerprint density at radius 1 is 1.25 bits per heavy atom. The van der Waals surface area contributed by atoms with Crippen LogP contribution < -0.4 is 5.32 Å². The van der Waals surface area contributed by atoms with Crippen LogP contribution in [0.5, 0.6) is 0 Å². The molecule has 1 aromatic rings. The van der Waals surface area contributed by atoms with E-state index in [4.69, 9.17) is 4.74 Å². The van der Waals surface area contributed by atoms with E-state index in [1.165, 1.54) is 17.4 Å². The number of thiophene rings is 1. The number of carbonyl (C=O) groups excluding carboxylic acids is 2. The lowest BCUT2D eigenvalue weighted by molar-refractivity contribution is -0.253. The molecule has 0 saturated carbocycles. The van der Waals surface area contributed by atoms with Crippen molar-refractivity contribution in [1.82, 2.24) is 10.2 Å². The highest BCUT2D eigenvalue weighted by atomic mass is 32.1. The number of aliphatic hydroxyl groups excluding tert-OH is 4. The molecule has 9 nitrogen and oxygen atoms in total. The van der Waals surface area contributed by atoms with Gasteiger partial charge in [0.05, 0.1) is 6.61 Å². The number of aliphatic hydroxyl groups is 4. The van der Waals surface area contributed by atoms with Crippen LogP contribution >= 0.6 is 11.3 Å². The SMILES string of the molecule is O=C1N/C(=C/c2cccs2)C(=O)N1[C@@H]1O[C@H](CO)[C@H](O)[C@H](O)[C@H]1O. The summed E-state index contributed by atoms with van der Waals surface area (Å²) in [6.07, 6.45) is -6.20. The van der Waals surface area contributed by atoms with Crippen LogP contribution in [0.2, 0.25) is 0 Å². The largest absolute Gasteiger partial charge is 0.394 e. The molecule has 2 aliphatic rings. The Morgan fingerprint density at radius 2 is 2.00 bits per heavy atom. The molecule has 0 bridgehead atoms. The van der Waals surface area contributed by atoms with Gasteiger partial charge in [0, 0.05) is 4.88 Å². The van der Waals surface area contributed by atoms with Gasteiger partial charge in [0.25, 0.3) is 5.91 Å². The molecular formula is C14H16N2O7S. The Bertz CT molecular complexity index is 660. The zero-order chi connectivity index (χ0) is 17.4. The number of hydrogen-bond donors (Lipinski definition) is 5. The quantitative estimate of drug-likeness (QED) is 0.326. The highest BCUT2D eigenvalue weighted by Gasteiger charge is 2.51. The third kappa shape index (κ3) is 2.83. The van der Waals surface area contributed by atoms with Crippen LogP contribution in [-0.2, 0) is 9.53 Å². The number of imide groups is 1. The molecule has 0 aliphatic carbocycles. The van der Waals surface area contributed by atoms with Crippen LogP contribution in [-0.4, -0.2) is 74.5 Å². The number of carbonyl (C=O) groups is 2. The maximum atomic E-state index is 12.5. The molecule has 10 heteroatoms. The van der Waals surface area contributed by atoms with E-state index in [1.54, 1.807) is 12.1 Å². The Labute approximate surface area is 140 Å². The smallest absolute Gasteiger partial charge is 0.331 e. The molecule has 130 valence electrons. The second-order valence-corrected chi connectivity index (χ2v) is 6.38. The molecule has 5 N–H and O–H groups in total. The van der Waals surface area contributed by atoms with Gasteiger partial charge in [-0.3, -0.25) is 4.79 Å². The Kier molecular flexibility index (Phi) is 4.67. The summed E-state index contributed by atoms with van der Waals surface area (Å²) in [4.78, 5) is 25.9. The first kappa shape index (κ1) is 17.0. The van der Waals surface area contributed by atoms with E-state index in [-0.39, 0.29) is 5.70 Å². The molecule has 0 unspecified atom stereocenters. The lowest BCUT2D eigenvalue weighted by atomic mass is 9.98. The molecule has 2 fully saturated rings. The Morgan fingerprint density at radius 3 is 2.62 bits per heavy atom. The average molecular weight is 356 g/mol. The zero-order valence-corrected chi connectivity index (χ0v) is 13.1. The highest BCUT2D eigenvalue weighted by molar-refractivity contribution is 7.10. The van der Waals surface area contributed by atoms with Crippen LogP contribution in [0.1, 0.15) is 4.88 Å². The normalized spacial score (nSPS) is 35.6. The first-order chi connectivity index (χ1) is 11.4. The first-order valence-corrected chi connectivity index (χ1v) is 8.02. The van der Waals surface area contributed by atoms with Gasteiger partial charge in [-0.15, -0.1) is 11.3 Å². The molecule has 24 heavy (non-hydrogen) atoms. The fourth-order valence-electron chi connectivity index (χ4n) is 2.59. The third-order valence-corrected chi connectivity index (χ3v) is 4.68. The van der Waals surface area contributed by atoms with Gasteiger partial charge in [0.1, 0.15) is 30.1 Å². The van der Waals surface area contributed by atoms with Crippen LogP contribution in [0, 0.1) is 0 Å². The summed E-state index contributed by atoms with van der Waals surface area (Å²) in [6.45, 7) is -0.650. The van der Waals surface area contributed by atoms with Crippen LogP contribution in [0.15, 0.2) is 23.2 Å². The van der Waals surface area contributed by atoms with Gasteiger partial charge in [-0.1, -0.05) is 6.07 Å². The van der Waals surface area contributed by atoms with Crippen molar-refractivity contribution in [1.29, 1.82) is 0 Å². The number of rotatable bonds is 3. The number of amides is 3. The van der Waals surface area contributed by atoms with Gasteiger partial charge in [0.2, 0.25) is 0 Å². The van der Waals surface area contributed by atoms with Crippen molar-refractivity contribution < 1.29 is 34.8 Å². The van der Waals surface area contributed by atoms with Crippen molar-refractivity contribution in [2.24, 2.45) is 0 Å². The van der Waals surface area contributed by atoms with Crippen molar-refractivity contribution in [2.75, 3.05) is 6.61 Å². The number of ether oxygens (including phenoxy) is 1. The van der Waals surface area contributed by atoms with E-state index in [0.717, 1.165) is 4.88 Å². The lowest BCUT2D eigenvalue weighted by Gasteiger charge is -2.42. The second kappa shape index (κ2) is 6.59. The van der Waals surface area contributed by atoms with Crippen molar-refractivity contribution in [2.45, 2.75) is 30.6 Å². The summed E-state index contributed by atoms with van der Waals surface area (Å²) in [5.74, 6) is -0.738. The molecule has 0 radical (unpaired) electrons. The van der Waals surface area contributed by atoms with E-state index < -0.39 is 49.2 Å². The van der Waals surface area contributed by atoms with Crippen LogP contribution in [0.4, 0.5) is 4.79 Å². The minimum absolute atomic E-state index is 0.000546. The van der Waals surface area contributed by atoms with Gasteiger partial charge < -0.3 is 30.5 Å². The lowest BCUT2D eigenvalue weighted by Crippen LogP contribution is -2.64. The van der Waals surface area contributed by atoms with E-state index in [9.17, 15) is 30.0 Å². The summed E-state index contributed by atoms with van der Waals surface area (Å²) in [5, 5.41) is 43.0. The Balaban J connectivity index is 1.86. The standard InChI is InChI=1S/C14H16N2O7S/c17-5-8-9(18)10(19)11(20)13(23-8)16-12(21)7(15-14(16)22)4-6-2-1-3-24-6/h1-4,8-11,13,17-20H,5H2,(H,15,22)/b7-4+/t8-,9+,10+,11-,13-/m1/s1. The minimum Gasteiger partial charge on any atom is -0.394 e. The maximum Gasteiger partial charge on any atom is 0.331 e. The number of nitrogens with zero attached hydrogens (tertiary/aromatic N) is 1. The predicted octanol–water partition coefficient (Wildman–Crippen LogP) is -1.56.